The summed E-state index contributed by atoms with van der Waals surface area (Å²) in [6, 6.07) is 15.0. The number of urea groups is 1. The summed E-state index contributed by atoms with van der Waals surface area (Å²) in [6.07, 6.45) is 1.55. The molecule has 0 atom stereocenters. The van der Waals surface area contributed by atoms with Crippen LogP contribution in [0, 0.1) is 0 Å². The van der Waals surface area contributed by atoms with E-state index < -0.39 is 0 Å². The van der Waals surface area contributed by atoms with Gasteiger partial charge in [0, 0.05) is 37.6 Å². The Balaban J connectivity index is 1.53. The molecular formula is C20H22ClN3O2. The van der Waals surface area contributed by atoms with Crippen molar-refractivity contribution in [3.05, 3.63) is 70.2 Å². The maximum Gasteiger partial charge on any atom is 0.315 e. The summed E-state index contributed by atoms with van der Waals surface area (Å²) < 4.78 is 0. The van der Waals surface area contributed by atoms with Gasteiger partial charge in [-0.15, -0.1) is 0 Å². The van der Waals surface area contributed by atoms with Crippen molar-refractivity contribution in [2.45, 2.75) is 32.5 Å². The highest BCUT2D eigenvalue weighted by Gasteiger charge is 2.20. The summed E-state index contributed by atoms with van der Waals surface area (Å²) in [7, 11) is 0. The van der Waals surface area contributed by atoms with Crippen molar-refractivity contribution in [1.29, 1.82) is 0 Å². The number of halogens is 1. The Morgan fingerprint density at radius 3 is 2.23 bits per heavy atom. The molecule has 3 amide bonds. The number of rotatable bonds is 6. The van der Waals surface area contributed by atoms with Crippen molar-refractivity contribution in [1.82, 2.24) is 15.5 Å². The maximum atomic E-state index is 12.1. The van der Waals surface area contributed by atoms with Gasteiger partial charge in [0.1, 0.15) is 0 Å². The third-order valence-electron chi connectivity index (χ3n) is 4.49. The van der Waals surface area contributed by atoms with Crippen molar-refractivity contribution in [3.63, 3.8) is 0 Å². The fraction of sp³-hybridized carbons (Fsp3) is 0.300. The SMILES string of the molecule is O=C(NCc1ccccc1Cl)NCc1ccccc1CN1CCCC1=O. The zero-order chi connectivity index (χ0) is 18.4. The first-order valence-corrected chi connectivity index (χ1v) is 9.11. The Labute approximate surface area is 158 Å². The van der Waals surface area contributed by atoms with E-state index in [4.69, 9.17) is 11.6 Å². The Kier molecular flexibility index (Phi) is 6.12. The van der Waals surface area contributed by atoms with Gasteiger partial charge in [-0.2, -0.15) is 0 Å². The highest BCUT2D eigenvalue weighted by Crippen LogP contribution is 2.17. The predicted molar refractivity (Wildman–Crippen MR) is 102 cm³/mol. The first-order chi connectivity index (χ1) is 12.6. The molecule has 1 aliphatic heterocycles. The second-order valence-electron chi connectivity index (χ2n) is 6.32. The van der Waals surface area contributed by atoms with E-state index in [2.05, 4.69) is 10.6 Å². The topological polar surface area (TPSA) is 61.4 Å². The molecular weight excluding hydrogens is 350 g/mol. The van der Waals surface area contributed by atoms with E-state index in [9.17, 15) is 9.59 Å². The van der Waals surface area contributed by atoms with Crippen molar-refractivity contribution >= 4 is 23.5 Å². The fourth-order valence-corrected chi connectivity index (χ4v) is 3.22. The zero-order valence-corrected chi connectivity index (χ0v) is 15.3. The quantitative estimate of drug-likeness (QED) is 0.816. The summed E-state index contributed by atoms with van der Waals surface area (Å²) in [5.41, 5.74) is 2.95. The molecule has 2 aromatic rings. The summed E-state index contributed by atoms with van der Waals surface area (Å²) in [6.45, 7) is 2.18. The molecule has 0 unspecified atom stereocenters. The van der Waals surface area contributed by atoms with Crippen LogP contribution in [0.3, 0.4) is 0 Å². The van der Waals surface area contributed by atoms with E-state index in [1.165, 1.54) is 0 Å². The highest BCUT2D eigenvalue weighted by molar-refractivity contribution is 6.31. The molecule has 1 aliphatic rings. The molecule has 0 saturated carbocycles. The van der Waals surface area contributed by atoms with Gasteiger partial charge in [0.05, 0.1) is 0 Å². The average molecular weight is 372 g/mol. The van der Waals surface area contributed by atoms with Crippen LogP contribution in [0.4, 0.5) is 4.79 Å². The minimum atomic E-state index is -0.253. The third-order valence-corrected chi connectivity index (χ3v) is 4.86. The second-order valence-corrected chi connectivity index (χ2v) is 6.72. The van der Waals surface area contributed by atoms with Crippen LogP contribution in [0.5, 0.6) is 0 Å². The molecule has 0 aliphatic carbocycles. The number of hydrogen-bond donors (Lipinski definition) is 2. The van der Waals surface area contributed by atoms with Crippen LogP contribution in [0.2, 0.25) is 5.02 Å². The molecule has 26 heavy (non-hydrogen) atoms. The van der Waals surface area contributed by atoms with Gasteiger partial charge in [0.15, 0.2) is 0 Å². The van der Waals surface area contributed by atoms with E-state index in [1.807, 2.05) is 47.4 Å². The Morgan fingerprint density at radius 1 is 0.962 bits per heavy atom. The lowest BCUT2D eigenvalue weighted by Crippen LogP contribution is -2.35. The number of carbonyl (C=O) groups excluding carboxylic acids is 2. The van der Waals surface area contributed by atoms with Crippen LogP contribution in [0.25, 0.3) is 0 Å². The largest absolute Gasteiger partial charge is 0.338 e. The average Bonchev–Trinajstić information content (AvgIpc) is 3.05. The molecule has 3 rings (SSSR count). The molecule has 2 aromatic carbocycles. The maximum absolute atomic E-state index is 12.1. The number of likely N-dealkylation sites (tertiary alicyclic amines) is 1. The van der Waals surface area contributed by atoms with E-state index in [1.54, 1.807) is 6.07 Å². The Bertz CT molecular complexity index is 794. The van der Waals surface area contributed by atoms with Crippen molar-refractivity contribution in [3.8, 4) is 0 Å². The smallest absolute Gasteiger partial charge is 0.315 e. The van der Waals surface area contributed by atoms with Crippen LogP contribution in [-0.2, 0) is 24.4 Å². The Morgan fingerprint density at radius 2 is 1.58 bits per heavy atom. The number of nitrogens with one attached hydrogen (secondary N) is 2. The fourth-order valence-electron chi connectivity index (χ4n) is 3.02. The molecule has 0 aromatic heterocycles. The highest BCUT2D eigenvalue weighted by atomic mass is 35.5. The van der Waals surface area contributed by atoms with Gasteiger partial charge in [-0.1, -0.05) is 54.1 Å². The Hall–Kier alpha value is -2.53. The third kappa shape index (κ3) is 4.76. The van der Waals surface area contributed by atoms with Crippen molar-refractivity contribution in [2.24, 2.45) is 0 Å². The number of amides is 3. The lowest BCUT2D eigenvalue weighted by molar-refractivity contribution is -0.128. The molecule has 0 radical (unpaired) electrons. The van der Waals surface area contributed by atoms with E-state index in [-0.39, 0.29) is 11.9 Å². The minimum Gasteiger partial charge on any atom is -0.338 e. The van der Waals surface area contributed by atoms with E-state index in [0.29, 0.717) is 31.1 Å². The summed E-state index contributed by atoms with van der Waals surface area (Å²) >= 11 is 6.09. The van der Waals surface area contributed by atoms with Gasteiger partial charge in [0.2, 0.25) is 5.91 Å². The molecule has 5 nitrogen and oxygen atoms in total. The second kappa shape index (κ2) is 8.72. The van der Waals surface area contributed by atoms with E-state index in [0.717, 1.165) is 29.7 Å². The lowest BCUT2D eigenvalue weighted by atomic mass is 10.1. The monoisotopic (exact) mass is 371 g/mol. The minimum absolute atomic E-state index is 0.199. The molecule has 1 heterocycles. The number of benzene rings is 2. The normalized spacial score (nSPS) is 13.7. The summed E-state index contributed by atoms with van der Waals surface area (Å²) in [4.78, 5) is 25.8. The van der Waals surface area contributed by atoms with Crippen LogP contribution in [0.15, 0.2) is 48.5 Å². The van der Waals surface area contributed by atoms with Gasteiger partial charge in [-0.3, -0.25) is 4.79 Å². The van der Waals surface area contributed by atoms with Gasteiger partial charge in [-0.05, 0) is 29.2 Å². The van der Waals surface area contributed by atoms with Gasteiger partial charge < -0.3 is 15.5 Å². The molecule has 1 fully saturated rings. The standard InChI is InChI=1S/C20H22ClN3O2/c21-18-9-4-3-7-16(18)13-23-20(26)22-12-15-6-1-2-8-17(15)14-24-11-5-10-19(24)25/h1-4,6-9H,5,10-14H2,(H2,22,23,26). The first-order valence-electron chi connectivity index (χ1n) is 8.73. The van der Waals surface area contributed by atoms with Gasteiger partial charge in [-0.25, -0.2) is 4.79 Å². The molecule has 6 heteroatoms. The summed E-state index contributed by atoms with van der Waals surface area (Å²) in [5, 5.41) is 6.31. The van der Waals surface area contributed by atoms with Gasteiger partial charge in [0.25, 0.3) is 0 Å². The van der Waals surface area contributed by atoms with Gasteiger partial charge >= 0.3 is 6.03 Å². The van der Waals surface area contributed by atoms with Crippen LogP contribution >= 0.6 is 11.6 Å². The molecule has 0 bridgehead atoms. The van der Waals surface area contributed by atoms with Crippen molar-refractivity contribution < 1.29 is 9.59 Å². The molecule has 0 spiro atoms. The number of carbonyl (C=O) groups is 2. The zero-order valence-electron chi connectivity index (χ0n) is 14.5. The van der Waals surface area contributed by atoms with Crippen molar-refractivity contribution in [2.75, 3.05) is 6.54 Å². The molecule has 1 saturated heterocycles. The van der Waals surface area contributed by atoms with Crippen LogP contribution < -0.4 is 10.6 Å². The molecule has 2 N–H and O–H groups in total. The number of nitrogens with zero attached hydrogens (tertiary/aromatic N) is 1. The lowest BCUT2D eigenvalue weighted by Gasteiger charge is -2.18. The van der Waals surface area contributed by atoms with E-state index >= 15 is 0 Å². The summed E-state index contributed by atoms with van der Waals surface area (Å²) in [5.74, 6) is 0.199. The van der Waals surface area contributed by atoms with Crippen LogP contribution in [0.1, 0.15) is 29.5 Å². The molecule has 136 valence electrons. The predicted octanol–water partition coefficient (Wildman–Crippen LogP) is 3.46. The first kappa shape index (κ1) is 18.3. The van der Waals surface area contributed by atoms with Crippen LogP contribution in [-0.4, -0.2) is 23.4 Å². The number of hydrogen-bond acceptors (Lipinski definition) is 2.